The maximum absolute atomic E-state index is 5.73. The molecule has 0 saturated carbocycles. The van der Waals surface area contributed by atoms with Gasteiger partial charge in [0.2, 0.25) is 0 Å². The fourth-order valence-electron chi connectivity index (χ4n) is 2.24. The van der Waals surface area contributed by atoms with Gasteiger partial charge in [0.25, 0.3) is 0 Å². The largest absolute Gasteiger partial charge is 0.347 e. The van der Waals surface area contributed by atoms with Crippen molar-refractivity contribution in [1.29, 1.82) is 0 Å². The molecule has 0 N–H and O–H groups in total. The van der Waals surface area contributed by atoms with E-state index >= 15 is 0 Å². The zero-order chi connectivity index (χ0) is 9.36. The topological polar surface area (TPSA) is 18.5 Å². The molecular weight excluding hydrogens is 164 g/mol. The van der Waals surface area contributed by atoms with Gasteiger partial charge in [0.1, 0.15) is 0 Å². The third kappa shape index (κ3) is 1.42. The van der Waals surface area contributed by atoms with Crippen molar-refractivity contribution in [3.05, 3.63) is 12.2 Å². The molecule has 13 heavy (non-hydrogen) atoms. The van der Waals surface area contributed by atoms with Gasteiger partial charge in [-0.25, -0.2) is 0 Å². The molecule has 1 atom stereocenters. The van der Waals surface area contributed by atoms with Crippen LogP contribution in [-0.4, -0.2) is 19.0 Å². The molecule has 1 unspecified atom stereocenters. The first kappa shape index (κ1) is 9.22. The first-order valence-corrected chi connectivity index (χ1v) is 5.09. The van der Waals surface area contributed by atoms with Crippen LogP contribution in [0.1, 0.15) is 33.1 Å². The van der Waals surface area contributed by atoms with Crippen LogP contribution in [0.15, 0.2) is 12.2 Å². The molecule has 0 radical (unpaired) electrons. The number of hydrogen-bond donors (Lipinski definition) is 0. The summed E-state index contributed by atoms with van der Waals surface area (Å²) in [6.45, 7) is 5.84. The molecule has 2 heteroatoms. The molecule has 0 bridgehead atoms. The van der Waals surface area contributed by atoms with Crippen molar-refractivity contribution in [1.82, 2.24) is 0 Å². The molecule has 0 aromatic heterocycles. The molecule has 0 spiro atoms. The molecule has 0 aromatic carbocycles. The number of hydrogen-bond acceptors (Lipinski definition) is 2. The molecule has 1 saturated heterocycles. The van der Waals surface area contributed by atoms with Crippen LogP contribution in [-0.2, 0) is 9.47 Å². The van der Waals surface area contributed by atoms with Crippen LogP contribution in [0.25, 0.3) is 0 Å². The molecule has 1 aliphatic carbocycles. The van der Waals surface area contributed by atoms with Crippen molar-refractivity contribution in [3.8, 4) is 0 Å². The summed E-state index contributed by atoms with van der Waals surface area (Å²) in [6.07, 6.45) is 7.89. The van der Waals surface area contributed by atoms with E-state index in [1.807, 2.05) is 0 Å². The van der Waals surface area contributed by atoms with E-state index < -0.39 is 0 Å². The predicted molar refractivity (Wildman–Crippen MR) is 51.4 cm³/mol. The summed E-state index contributed by atoms with van der Waals surface area (Å²) in [5, 5.41) is 0. The molecule has 2 aliphatic rings. The molecule has 1 aliphatic heterocycles. The van der Waals surface area contributed by atoms with Gasteiger partial charge in [0, 0.05) is 5.41 Å². The minimum absolute atomic E-state index is 0.165. The highest BCUT2D eigenvalue weighted by molar-refractivity contribution is 5.02. The highest BCUT2D eigenvalue weighted by Crippen LogP contribution is 2.46. The van der Waals surface area contributed by atoms with Crippen LogP contribution >= 0.6 is 0 Å². The van der Waals surface area contributed by atoms with E-state index in [-0.39, 0.29) is 11.2 Å². The molecular formula is C11H18O2. The van der Waals surface area contributed by atoms with Crippen molar-refractivity contribution in [3.63, 3.8) is 0 Å². The Bertz CT molecular complexity index is 216. The van der Waals surface area contributed by atoms with Gasteiger partial charge in [0.15, 0.2) is 5.79 Å². The Morgan fingerprint density at radius 2 is 1.77 bits per heavy atom. The predicted octanol–water partition coefficient (Wildman–Crippen LogP) is 2.50. The molecule has 1 fully saturated rings. The molecule has 0 amide bonds. The van der Waals surface area contributed by atoms with E-state index in [0.717, 1.165) is 26.1 Å². The first-order chi connectivity index (χ1) is 6.16. The summed E-state index contributed by atoms with van der Waals surface area (Å²) >= 11 is 0. The third-order valence-corrected chi connectivity index (χ3v) is 3.53. The first-order valence-electron chi connectivity index (χ1n) is 5.09. The van der Waals surface area contributed by atoms with Gasteiger partial charge in [-0.2, -0.15) is 0 Å². The summed E-state index contributed by atoms with van der Waals surface area (Å²) in [4.78, 5) is 0. The van der Waals surface area contributed by atoms with Gasteiger partial charge in [-0.3, -0.25) is 0 Å². The van der Waals surface area contributed by atoms with Crippen LogP contribution in [0.5, 0.6) is 0 Å². The maximum atomic E-state index is 5.73. The highest BCUT2D eigenvalue weighted by atomic mass is 16.7. The van der Waals surface area contributed by atoms with Gasteiger partial charge < -0.3 is 9.47 Å². The Morgan fingerprint density at radius 3 is 2.31 bits per heavy atom. The monoisotopic (exact) mass is 182 g/mol. The Kier molecular flexibility index (Phi) is 2.20. The Labute approximate surface area is 79.9 Å². The van der Waals surface area contributed by atoms with E-state index in [9.17, 15) is 0 Å². The molecule has 0 aromatic rings. The van der Waals surface area contributed by atoms with Gasteiger partial charge in [0.05, 0.1) is 13.2 Å². The average Bonchev–Trinajstić information content (AvgIpc) is 2.55. The molecule has 1 heterocycles. The lowest BCUT2D eigenvalue weighted by molar-refractivity contribution is -0.222. The van der Waals surface area contributed by atoms with Crippen molar-refractivity contribution >= 4 is 0 Å². The second kappa shape index (κ2) is 3.10. The van der Waals surface area contributed by atoms with Gasteiger partial charge in [-0.05, 0) is 26.2 Å². The number of ether oxygens (including phenoxy) is 2. The van der Waals surface area contributed by atoms with E-state index in [0.29, 0.717) is 0 Å². The Hall–Kier alpha value is -0.340. The number of rotatable bonds is 1. The van der Waals surface area contributed by atoms with Crippen molar-refractivity contribution in [2.24, 2.45) is 5.41 Å². The SMILES string of the molecule is CC1(C2(C)OCCO2)CC=CCC1. The summed E-state index contributed by atoms with van der Waals surface area (Å²) in [5.74, 6) is -0.349. The summed E-state index contributed by atoms with van der Waals surface area (Å²) in [6, 6.07) is 0. The van der Waals surface area contributed by atoms with Crippen molar-refractivity contribution < 1.29 is 9.47 Å². The van der Waals surface area contributed by atoms with Crippen LogP contribution in [0, 0.1) is 5.41 Å². The van der Waals surface area contributed by atoms with Crippen molar-refractivity contribution in [2.45, 2.75) is 38.9 Å². The van der Waals surface area contributed by atoms with Crippen LogP contribution in [0.2, 0.25) is 0 Å². The normalized spacial score (nSPS) is 38.0. The minimum atomic E-state index is -0.349. The van der Waals surface area contributed by atoms with Crippen LogP contribution < -0.4 is 0 Å². The Balaban J connectivity index is 2.17. The van der Waals surface area contributed by atoms with Gasteiger partial charge in [-0.15, -0.1) is 0 Å². The van der Waals surface area contributed by atoms with Crippen LogP contribution in [0.4, 0.5) is 0 Å². The quantitative estimate of drug-likeness (QED) is 0.580. The molecule has 74 valence electrons. The summed E-state index contributed by atoms with van der Waals surface area (Å²) in [7, 11) is 0. The highest BCUT2D eigenvalue weighted by Gasteiger charge is 2.48. The Morgan fingerprint density at radius 1 is 1.08 bits per heavy atom. The maximum Gasteiger partial charge on any atom is 0.171 e. The fourth-order valence-corrected chi connectivity index (χ4v) is 2.24. The lowest BCUT2D eigenvalue weighted by Gasteiger charge is -2.43. The lowest BCUT2D eigenvalue weighted by Crippen LogP contribution is -2.45. The third-order valence-electron chi connectivity index (χ3n) is 3.53. The fraction of sp³-hybridized carbons (Fsp3) is 0.818. The standard InChI is InChI=1S/C11H18O2/c1-10(6-4-3-5-7-10)11(2)12-8-9-13-11/h3-4H,5-9H2,1-2H3. The van der Waals surface area contributed by atoms with E-state index in [1.54, 1.807) is 0 Å². The molecule has 2 rings (SSSR count). The van der Waals surface area contributed by atoms with E-state index in [4.69, 9.17) is 9.47 Å². The second-order valence-electron chi connectivity index (χ2n) is 4.42. The second-order valence-corrected chi connectivity index (χ2v) is 4.42. The van der Waals surface area contributed by atoms with E-state index in [1.165, 1.54) is 6.42 Å². The zero-order valence-electron chi connectivity index (χ0n) is 8.51. The molecule has 2 nitrogen and oxygen atoms in total. The smallest absolute Gasteiger partial charge is 0.171 e. The van der Waals surface area contributed by atoms with Crippen molar-refractivity contribution in [2.75, 3.05) is 13.2 Å². The zero-order valence-corrected chi connectivity index (χ0v) is 8.51. The summed E-state index contributed by atoms with van der Waals surface area (Å²) in [5.41, 5.74) is 0.165. The lowest BCUT2D eigenvalue weighted by atomic mass is 9.72. The van der Waals surface area contributed by atoms with Gasteiger partial charge >= 0.3 is 0 Å². The number of allylic oxidation sites excluding steroid dienone is 2. The summed E-state index contributed by atoms with van der Waals surface area (Å²) < 4.78 is 11.5. The average molecular weight is 182 g/mol. The minimum Gasteiger partial charge on any atom is -0.347 e. The van der Waals surface area contributed by atoms with E-state index in [2.05, 4.69) is 26.0 Å². The van der Waals surface area contributed by atoms with Gasteiger partial charge in [-0.1, -0.05) is 19.1 Å². The van der Waals surface area contributed by atoms with Crippen LogP contribution in [0.3, 0.4) is 0 Å².